The van der Waals surface area contributed by atoms with Gasteiger partial charge in [0.05, 0.1) is 21.3 Å². The van der Waals surface area contributed by atoms with Crippen LogP contribution in [0, 0.1) is 0 Å². The van der Waals surface area contributed by atoms with E-state index in [0.717, 1.165) is 25.9 Å². The van der Waals surface area contributed by atoms with E-state index < -0.39 is 0 Å². The summed E-state index contributed by atoms with van der Waals surface area (Å²) < 4.78 is 0. The molecule has 2 heterocycles. The van der Waals surface area contributed by atoms with Gasteiger partial charge in [-0.3, -0.25) is 4.79 Å². The van der Waals surface area contributed by atoms with Gasteiger partial charge in [0.15, 0.2) is 0 Å². The topological polar surface area (TPSA) is 58.1 Å². The molecule has 0 bridgehead atoms. The van der Waals surface area contributed by atoms with Crippen LogP contribution < -0.4 is 5.32 Å². The molecular formula is C15H14Cl2N4O. The van der Waals surface area contributed by atoms with E-state index in [1.54, 1.807) is 18.2 Å². The summed E-state index contributed by atoms with van der Waals surface area (Å²) in [6, 6.07) is 5.20. The van der Waals surface area contributed by atoms with Crippen LogP contribution in [0.25, 0.3) is 0 Å². The molecule has 2 aromatic rings. The molecule has 1 saturated heterocycles. The number of amides is 1. The largest absolute Gasteiger partial charge is 0.339 e. The maximum Gasteiger partial charge on any atom is 0.256 e. The molecule has 1 aromatic heterocycles. The third-order valence-electron chi connectivity index (χ3n) is 3.49. The molecular weight excluding hydrogens is 323 g/mol. The third-order valence-corrected chi connectivity index (χ3v) is 4.12. The van der Waals surface area contributed by atoms with Gasteiger partial charge in [0.1, 0.15) is 0 Å². The van der Waals surface area contributed by atoms with Gasteiger partial charge in [-0.05, 0) is 25.0 Å². The first-order valence-corrected chi connectivity index (χ1v) is 7.73. The molecule has 5 nitrogen and oxygen atoms in total. The van der Waals surface area contributed by atoms with Crippen LogP contribution in [0.2, 0.25) is 10.0 Å². The third kappa shape index (κ3) is 3.15. The van der Waals surface area contributed by atoms with Gasteiger partial charge >= 0.3 is 0 Å². The SMILES string of the molecule is O=C(c1cnc(Nc2c(Cl)cccc2Cl)nc1)N1CCCC1. The van der Waals surface area contributed by atoms with Crippen LogP contribution >= 0.6 is 23.2 Å². The fourth-order valence-electron chi connectivity index (χ4n) is 2.33. The molecule has 0 atom stereocenters. The van der Waals surface area contributed by atoms with E-state index >= 15 is 0 Å². The Balaban J connectivity index is 1.75. The van der Waals surface area contributed by atoms with Crippen molar-refractivity contribution in [2.75, 3.05) is 18.4 Å². The molecule has 1 N–H and O–H groups in total. The molecule has 0 unspecified atom stereocenters. The van der Waals surface area contributed by atoms with Crippen molar-refractivity contribution in [3.8, 4) is 0 Å². The van der Waals surface area contributed by atoms with Crippen molar-refractivity contribution in [3.05, 3.63) is 46.2 Å². The van der Waals surface area contributed by atoms with Crippen LogP contribution in [0.3, 0.4) is 0 Å². The second-order valence-electron chi connectivity index (χ2n) is 5.02. The Morgan fingerprint density at radius 3 is 2.27 bits per heavy atom. The van der Waals surface area contributed by atoms with E-state index in [2.05, 4.69) is 15.3 Å². The van der Waals surface area contributed by atoms with Crippen LogP contribution in [0.1, 0.15) is 23.2 Å². The number of carbonyl (C=O) groups excluding carboxylic acids is 1. The van der Waals surface area contributed by atoms with Crippen molar-refractivity contribution in [2.45, 2.75) is 12.8 Å². The molecule has 22 heavy (non-hydrogen) atoms. The minimum absolute atomic E-state index is 0.0279. The van der Waals surface area contributed by atoms with E-state index in [0.29, 0.717) is 27.2 Å². The summed E-state index contributed by atoms with van der Waals surface area (Å²) in [4.78, 5) is 22.3. The summed E-state index contributed by atoms with van der Waals surface area (Å²) in [5, 5.41) is 3.92. The first-order valence-electron chi connectivity index (χ1n) is 6.97. The van der Waals surface area contributed by atoms with E-state index in [1.807, 2.05) is 4.90 Å². The van der Waals surface area contributed by atoms with E-state index in [9.17, 15) is 4.79 Å². The van der Waals surface area contributed by atoms with Gasteiger partial charge in [-0.15, -0.1) is 0 Å². The molecule has 3 rings (SSSR count). The Morgan fingerprint density at radius 2 is 1.68 bits per heavy atom. The molecule has 0 saturated carbocycles. The maximum atomic E-state index is 12.2. The fraction of sp³-hybridized carbons (Fsp3) is 0.267. The number of hydrogen-bond acceptors (Lipinski definition) is 4. The number of anilines is 2. The summed E-state index contributed by atoms with van der Waals surface area (Å²) in [5.74, 6) is 0.313. The van der Waals surface area contributed by atoms with Crippen molar-refractivity contribution < 1.29 is 4.79 Å². The zero-order valence-electron chi connectivity index (χ0n) is 11.7. The quantitative estimate of drug-likeness (QED) is 0.926. The van der Waals surface area contributed by atoms with Gasteiger partial charge in [0.2, 0.25) is 5.95 Å². The number of rotatable bonds is 3. The zero-order chi connectivity index (χ0) is 15.5. The van der Waals surface area contributed by atoms with Gasteiger partial charge < -0.3 is 10.2 Å². The smallest absolute Gasteiger partial charge is 0.256 e. The van der Waals surface area contributed by atoms with Gasteiger partial charge in [-0.1, -0.05) is 29.3 Å². The fourth-order valence-corrected chi connectivity index (χ4v) is 2.83. The van der Waals surface area contributed by atoms with Crippen LogP contribution in [-0.2, 0) is 0 Å². The Bertz CT molecular complexity index is 664. The minimum Gasteiger partial charge on any atom is -0.339 e. The normalized spacial score (nSPS) is 14.2. The molecule has 7 heteroatoms. The van der Waals surface area contributed by atoms with Crippen LogP contribution in [0.5, 0.6) is 0 Å². The van der Waals surface area contributed by atoms with E-state index in [4.69, 9.17) is 23.2 Å². The molecule has 1 aliphatic rings. The number of benzene rings is 1. The van der Waals surface area contributed by atoms with E-state index in [1.165, 1.54) is 12.4 Å². The number of carbonyl (C=O) groups is 1. The van der Waals surface area contributed by atoms with Crippen molar-refractivity contribution in [1.82, 2.24) is 14.9 Å². The number of para-hydroxylation sites is 1. The van der Waals surface area contributed by atoms with Crippen molar-refractivity contribution in [2.24, 2.45) is 0 Å². The van der Waals surface area contributed by atoms with Crippen molar-refractivity contribution in [1.29, 1.82) is 0 Å². The Morgan fingerprint density at radius 1 is 1.09 bits per heavy atom. The summed E-state index contributed by atoms with van der Waals surface area (Å²) in [6.07, 6.45) is 5.13. The molecule has 1 aromatic carbocycles. The second-order valence-corrected chi connectivity index (χ2v) is 5.83. The first kappa shape index (κ1) is 15.1. The van der Waals surface area contributed by atoms with Gasteiger partial charge in [0, 0.05) is 25.5 Å². The van der Waals surface area contributed by atoms with Crippen molar-refractivity contribution in [3.63, 3.8) is 0 Å². The lowest BCUT2D eigenvalue weighted by molar-refractivity contribution is 0.0792. The predicted octanol–water partition coefficient (Wildman–Crippen LogP) is 3.76. The average molecular weight is 337 g/mol. The summed E-state index contributed by atoms with van der Waals surface area (Å²) >= 11 is 12.2. The number of halogens is 2. The molecule has 1 fully saturated rings. The lowest BCUT2D eigenvalue weighted by atomic mass is 10.3. The molecule has 0 aliphatic carbocycles. The van der Waals surface area contributed by atoms with Crippen LogP contribution in [0.4, 0.5) is 11.6 Å². The summed E-state index contributed by atoms with van der Waals surface area (Å²) in [5.41, 5.74) is 1.03. The Labute approximate surface area is 138 Å². The minimum atomic E-state index is -0.0279. The highest BCUT2D eigenvalue weighted by Gasteiger charge is 2.20. The monoisotopic (exact) mass is 336 g/mol. The van der Waals surface area contributed by atoms with E-state index in [-0.39, 0.29) is 5.91 Å². The predicted molar refractivity (Wildman–Crippen MR) is 86.9 cm³/mol. The lowest BCUT2D eigenvalue weighted by Crippen LogP contribution is -2.27. The molecule has 0 radical (unpaired) electrons. The number of aromatic nitrogens is 2. The highest BCUT2D eigenvalue weighted by molar-refractivity contribution is 6.39. The molecule has 0 spiro atoms. The highest BCUT2D eigenvalue weighted by Crippen LogP contribution is 2.31. The summed E-state index contributed by atoms with van der Waals surface area (Å²) in [6.45, 7) is 1.60. The molecule has 1 amide bonds. The lowest BCUT2D eigenvalue weighted by Gasteiger charge is -2.15. The van der Waals surface area contributed by atoms with Crippen LogP contribution in [0.15, 0.2) is 30.6 Å². The average Bonchev–Trinajstić information content (AvgIpc) is 3.05. The van der Waals surface area contributed by atoms with Gasteiger partial charge in [-0.25, -0.2) is 9.97 Å². The van der Waals surface area contributed by atoms with Gasteiger partial charge in [-0.2, -0.15) is 0 Å². The zero-order valence-corrected chi connectivity index (χ0v) is 13.2. The number of hydrogen-bond donors (Lipinski definition) is 1. The maximum absolute atomic E-state index is 12.2. The first-order chi connectivity index (χ1) is 10.6. The second kappa shape index (κ2) is 6.50. The number of nitrogens with one attached hydrogen (secondary N) is 1. The Kier molecular flexibility index (Phi) is 4.45. The highest BCUT2D eigenvalue weighted by atomic mass is 35.5. The number of likely N-dealkylation sites (tertiary alicyclic amines) is 1. The van der Waals surface area contributed by atoms with Crippen LogP contribution in [-0.4, -0.2) is 33.9 Å². The van der Waals surface area contributed by atoms with Gasteiger partial charge in [0.25, 0.3) is 5.91 Å². The molecule has 1 aliphatic heterocycles. The van der Waals surface area contributed by atoms with Crippen molar-refractivity contribution >= 4 is 40.7 Å². The molecule has 114 valence electrons. The standard InChI is InChI=1S/C15H14Cl2N4O/c16-11-4-3-5-12(17)13(11)20-15-18-8-10(9-19-15)14(22)21-6-1-2-7-21/h3-5,8-9H,1-2,6-7H2,(H,18,19,20). The number of nitrogens with zero attached hydrogens (tertiary/aromatic N) is 3. The Hall–Kier alpha value is -1.85. The summed E-state index contributed by atoms with van der Waals surface area (Å²) in [7, 11) is 0.